The molecule has 0 saturated heterocycles. The van der Waals surface area contributed by atoms with Gasteiger partial charge in [-0.15, -0.1) is 0 Å². The van der Waals surface area contributed by atoms with Gasteiger partial charge >= 0.3 is 17.9 Å². The predicted molar refractivity (Wildman–Crippen MR) is 325 cm³/mol. The smallest absolute Gasteiger partial charge is 0.306 e. The van der Waals surface area contributed by atoms with Gasteiger partial charge in [-0.25, -0.2) is 0 Å². The molecule has 0 aromatic rings. The Hall–Kier alpha value is -3.67. The quantitative estimate of drug-likeness (QED) is 0.0261. The van der Waals surface area contributed by atoms with Crippen molar-refractivity contribution >= 4 is 17.9 Å². The number of esters is 3. The first-order valence-electron chi connectivity index (χ1n) is 31.7. The largest absolute Gasteiger partial charge is 0.462 e. The average Bonchev–Trinajstić information content (AvgIpc) is 3.41. The maximum absolute atomic E-state index is 12.9. The van der Waals surface area contributed by atoms with E-state index in [2.05, 4.69) is 118 Å². The van der Waals surface area contributed by atoms with Crippen molar-refractivity contribution in [2.24, 2.45) is 0 Å². The second-order valence-corrected chi connectivity index (χ2v) is 20.9. The van der Waals surface area contributed by atoms with Gasteiger partial charge in [-0.1, -0.05) is 285 Å². The zero-order chi connectivity index (χ0) is 54.3. The summed E-state index contributed by atoms with van der Waals surface area (Å²) in [5, 5.41) is 0. The molecule has 0 spiro atoms. The SMILES string of the molecule is CC/C=C\C/C=C\C/C=C\C/C=C\C/C=C\CCCCCCCCCCCCCC(=O)OCC(COC(=O)CCCCC/C=C\C/C=C\C/C=C\CC)OC(=O)CCCCCCCCCCCCCCCCCCC. The molecule has 0 aliphatic heterocycles. The minimum Gasteiger partial charge on any atom is -0.462 e. The van der Waals surface area contributed by atoms with E-state index in [0.717, 1.165) is 116 Å². The van der Waals surface area contributed by atoms with Crippen LogP contribution in [0.1, 0.15) is 303 Å². The van der Waals surface area contributed by atoms with Gasteiger partial charge in [0.25, 0.3) is 0 Å². The molecule has 6 heteroatoms. The fourth-order valence-electron chi connectivity index (χ4n) is 8.90. The zero-order valence-corrected chi connectivity index (χ0v) is 49.3. The Bertz CT molecular complexity index is 1480. The van der Waals surface area contributed by atoms with Crippen LogP contribution in [0.3, 0.4) is 0 Å². The van der Waals surface area contributed by atoms with Crippen LogP contribution in [0.2, 0.25) is 0 Å². The summed E-state index contributed by atoms with van der Waals surface area (Å²) in [5.41, 5.74) is 0. The van der Waals surface area contributed by atoms with Gasteiger partial charge in [-0.3, -0.25) is 14.4 Å². The molecule has 1 unspecified atom stereocenters. The molecule has 75 heavy (non-hydrogen) atoms. The fraction of sp³-hybridized carbons (Fsp3) is 0.725. The van der Waals surface area contributed by atoms with Gasteiger partial charge in [0.15, 0.2) is 6.10 Å². The third-order valence-electron chi connectivity index (χ3n) is 13.6. The number of allylic oxidation sites excluding steroid dienone is 16. The number of rotatable bonds is 57. The van der Waals surface area contributed by atoms with E-state index in [-0.39, 0.29) is 31.1 Å². The summed E-state index contributed by atoms with van der Waals surface area (Å²) < 4.78 is 16.9. The van der Waals surface area contributed by atoms with Crippen LogP contribution in [-0.4, -0.2) is 37.2 Å². The van der Waals surface area contributed by atoms with Crippen LogP contribution >= 0.6 is 0 Å². The summed E-state index contributed by atoms with van der Waals surface area (Å²) in [7, 11) is 0. The van der Waals surface area contributed by atoms with Crippen molar-refractivity contribution in [2.45, 2.75) is 309 Å². The Morgan fingerprint density at radius 2 is 0.520 bits per heavy atom. The van der Waals surface area contributed by atoms with E-state index in [1.165, 1.54) is 148 Å². The molecule has 0 aliphatic rings. The molecule has 0 N–H and O–H groups in total. The first-order chi connectivity index (χ1) is 37.0. The number of unbranched alkanes of at least 4 members (excludes halogenated alkanes) is 30. The number of hydrogen-bond donors (Lipinski definition) is 0. The molecule has 0 aromatic carbocycles. The topological polar surface area (TPSA) is 78.9 Å². The molecular formula is C69H118O6. The lowest BCUT2D eigenvalue weighted by Crippen LogP contribution is -2.30. The summed E-state index contributed by atoms with van der Waals surface area (Å²) in [6.45, 7) is 6.41. The van der Waals surface area contributed by atoms with Gasteiger partial charge in [0.05, 0.1) is 0 Å². The van der Waals surface area contributed by atoms with Crippen LogP contribution in [0.15, 0.2) is 97.2 Å². The van der Waals surface area contributed by atoms with Crippen molar-refractivity contribution in [1.29, 1.82) is 0 Å². The number of ether oxygens (including phenoxy) is 3. The number of carbonyl (C=O) groups excluding carboxylic acids is 3. The average molecular weight is 1040 g/mol. The number of hydrogen-bond acceptors (Lipinski definition) is 6. The van der Waals surface area contributed by atoms with Crippen molar-refractivity contribution < 1.29 is 28.6 Å². The molecule has 6 nitrogen and oxygen atoms in total. The second-order valence-electron chi connectivity index (χ2n) is 20.9. The summed E-state index contributed by atoms with van der Waals surface area (Å²) in [5.74, 6) is -0.908. The van der Waals surface area contributed by atoms with Gasteiger partial charge < -0.3 is 14.2 Å². The molecule has 1 atom stereocenters. The summed E-state index contributed by atoms with van der Waals surface area (Å²) in [4.78, 5) is 38.3. The molecule has 0 radical (unpaired) electrons. The van der Waals surface area contributed by atoms with E-state index >= 15 is 0 Å². The second kappa shape index (κ2) is 62.9. The lowest BCUT2D eigenvalue weighted by molar-refractivity contribution is -0.167. The molecule has 0 fully saturated rings. The first-order valence-corrected chi connectivity index (χ1v) is 31.7. The van der Waals surface area contributed by atoms with Crippen LogP contribution in [0.5, 0.6) is 0 Å². The van der Waals surface area contributed by atoms with Crippen LogP contribution in [0.4, 0.5) is 0 Å². The predicted octanol–water partition coefficient (Wildman–Crippen LogP) is 21.7. The maximum Gasteiger partial charge on any atom is 0.306 e. The van der Waals surface area contributed by atoms with Crippen LogP contribution in [-0.2, 0) is 28.6 Å². The lowest BCUT2D eigenvalue weighted by atomic mass is 10.0. The van der Waals surface area contributed by atoms with E-state index < -0.39 is 6.10 Å². The van der Waals surface area contributed by atoms with E-state index in [1.54, 1.807) is 0 Å². The lowest BCUT2D eigenvalue weighted by Gasteiger charge is -2.18. The van der Waals surface area contributed by atoms with E-state index in [1.807, 2.05) is 0 Å². The third-order valence-corrected chi connectivity index (χ3v) is 13.6. The highest BCUT2D eigenvalue weighted by atomic mass is 16.6. The molecule has 0 bridgehead atoms. The summed E-state index contributed by atoms with van der Waals surface area (Å²) in [6, 6.07) is 0. The molecule has 0 saturated carbocycles. The van der Waals surface area contributed by atoms with E-state index in [0.29, 0.717) is 19.3 Å². The highest BCUT2D eigenvalue weighted by Crippen LogP contribution is 2.17. The Balaban J connectivity index is 4.30. The third kappa shape index (κ3) is 61.1. The minimum absolute atomic E-state index is 0.0861. The zero-order valence-electron chi connectivity index (χ0n) is 49.3. The molecule has 0 heterocycles. The molecule has 0 amide bonds. The van der Waals surface area contributed by atoms with Crippen molar-refractivity contribution in [2.75, 3.05) is 13.2 Å². The van der Waals surface area contributed by atoms with Gasteiger partial charge in [-0.2, -0.15) is 0 Å². The van der Waals surface area contributed by atoms with Crippen molar-refractivity contribution in [3.63, 3.8) is 0 Å². The van der Waals surface area contributed by atoms with Crippen molar-refractivity contribution in [1.82, 2.24) is 0 Å². The maximum atomic E-state index is 12.9. The van der Waals surface area contributed by atoms with Crippen LogP contribution in [0, 0.1) is 0 Å². The molecule has 430 valence electrons. The summed E-state index contributed by atoms with van der Waals surface area (Å²) >= 11 is 0. The Kier molecular flexibility index (Phi) is 59.8. The highest BCUT2D eigenvalue weighted by Gasteiger charge is 2.19. The molecular weight excluding hydrogens is 925 g/mol. The molecule has 0 aromatic heterocycles. The minimum atomic E-state index is -0.790. The van der Waals surface area contributed by atoms with Gasteiger partial charge in [0, 0.05) is 19.3 Å². The van der Waals surface area contributed by atoms with Crippen LogP contribution < -0.4 is 0 Å². The standard InChI is InChI=1S/C69H118O6/c1-4-7-10-13-16-19-22-25-27-29-30-31-32-33-34-35-36-37-38-40-41-44-47-50-53-56-59-62-68(71)74-65-66(64-73-67(70)61-58-55-52-49-46-43-24-21-18-15-12-9-6-3)75-69(72)63-60-57-54-51-48-45-42-39-28-26-23-20-17-14-11-8-5-2/h7,9-10,12,16,18-19,21,25,27,30-31,33-34,43,46,66H,4-6,8,11,13-15,17,20,22-24,26,28-29,32,35-42,44-45,47-65H2,1-3H3/b10-7-,12-9-,19-16-,21-18-,27-25-,31-30-,34-33-,46-43-. The van der Waals surface area contributed by atoms with Crippen LogP contribution in [0.25, 0.3) is 0 Å². The normalized spacial score (nSPS) is 12.7. The van der Waals surface area contributed by atoms with E-state index in [4.69, 9.17) is 14.2 Å². The Labute approximate surface area is 464 Å². The van der Waals surface area contributed by atoms with Gasteiger partial charge in [-0.05, 0) is 96.3 Å². The van der Waals surface area contributed by atoms with Gasteiger partial charge in [0.2, 0.25) is 0 Å². The first kappa shape index (κ1) is 71.3. The monoisotopic (exact) mass is 1040 g/mol. The van der Waals surface area contributed by atoms with Gasteiger partial charge in [0.1, 0.15) is 13.2 Å². The summed E-state index contributed by atoms with van der Waals surface area (Å²) in [6.07, 6.45) is 84.2. The van der Waals surface area contributed by atoms with Crippen molar-refractivity contribution in [3.8, 4) is 0 Å². The number of carbonyl (C=O) groups is 3. The van der Waals surface area contributed by atoms with Crippen molar-refractivity contribution in [3.05, 3.63) is 97.2 Å². The van der Waals surface area contributed by atoms with E-state index in [9.17, 15) is 14.4 Å². The highest BCUT2D eigenvalue weighted by molar-refractivity contribution is 5.71. The fourth-order valence-corrected chi connectivity index (χ4v) is 8.90. The molecule has 0 rings (SSSR count). The Morgan fingerprint density at radius 1 is 0.280 bits per heavy atom. The molecule has 0 aliphatic carbocycles. The Morgan fingerprint density at radius 3 is 0.827 bits per heavy atom.